The van der Waals surface area contributed by atoms with Gasteiger partial charge in [-0.25, -0.2) is 4.39 Å². The van der Waals surface area contributed by atoms with Gasteiger partial charge in [0.05, 0.1) is 0 Å². The summed E-state index contributed by atoms with van der Waals surface area (Å²) >= 11 is 0. The third kappa shape index (κ3) is 2.86. The first-order valence-corrected chi connectivity index (χ1v) is 8.28. The Labute approximate surface area is 152 Å². The number of alkyl halides is 11. The van der Waals surface area contributed by atoms with Crippen LogP contribution in [0, 0.1) is 5.92 Å². The molecule has 13 heteroatoms. The molecule has 0 heterocycles. The molecule has 0 aromatic heterocycles. The fourth-order valence-corrected chi connectivity index (χ4v) is 2.81. The Kier molecular flexibility index (Phi) is 6.35. The molecule has 1 rings (SSSR count). The lowest BCUT2D eigenvalue weighted by Gasteiger charge is -2.51. The smallest absolute Gasteiger partial charge is 0.353 e. The second kappa shape index (κ2) is 7.19. The van der Waals surface area contributed by atoms with Gasteiger partial charge in [-0.1, -0.05) is 33.1 Å². The lowest BCUT2D eigenvalue weighted by molar-refractivity contribution is -0.476. The largest absolute Gasteiger partial charge is 0.384 e. The summed E-state index contributed by atoms with van der Waals surface area (Å²) in [5, 5.41) is 1.18. The summed E-state index contributed by atoms with van der Waals surface area (Å²) in [5.74, 6) is -40.0. The van der Waals surface area contributed by atoms with Crippen molar-refractivity contribution in [3.63, 3.8) is 0 Å². The zero-order valence-electron chi connectivity index (χ0n) is 14.7. The van der Waals surface area contributed by atoms with Crippen LogP contribution >= 0.6 is 0 Å². The third-order valence-corrected chi connectivity index (χ3v) is 4.85. The first-order valence-electron chi connectivity index (χ1n) is 8.28. The molecule has 28 heavy (non-hydrogen) atoms. The third-order valence-electron chi connectivity index (χ3n) is 4.85. The predicted molar refractivity (Wildman–Crippen MR) is 74.9 cm³/mol. The fraction of sp³-hybridized carbons (Fsp3) is 0.933. The maximum absolute atomic E-state index is 14.5. The molecule has 0 bridgehead atoms. The van der Waals surface area contributed by atoms with Gasteiger partial charge in [-0.05, 0) is 12.3 Å². The first kappa shape index (κ1) is 24.7. The van der Waals surface area contributed by atoms with Gasteiger partial charge in [-0.3, -0.25) is 4.79 Å². The van der Waals surface area contributed by atoms with Crippen LogP contribution in [0.25, 0.3) is 0 Å². The van der Waals surface area contributed by atoms with Gasteiger partial charge in [-0.2, -0.15) is 43.9 Å². The normalized spacial score (nSPS) is 27.0. The Morgan fingerprint density at radius 1 is 0.750 bits per heavy atom. The van der Waals surface area contributed by atoms with Gasteiger partial charge >= 0.3 is 35.3 Å². The number of rotatable bonds is 7. The van der Waals surface area contributed by atoms with Crippen LogP contribution < -0.4 is 5.32 Å². The van der Waals surface area contributed by atoms with E-state index in [2.05, 4.69) is 0 Å². The van der Waals surface area contributed by atoms with Crippen LogP contribution in [-0.2, 0) is 4.79 Å². The standard InChI is InChI=1S/C15H18F11NO/c1-3-5-6-8(4-2)7-27-9(28)10(16)11(17,18)13(21,22)15(25,26)14(23,24)12(10,19)20/h8H,3-7H2,1-2H3,(H,27,28). The highest BCUT2D eigenvalue weighted by Gasteiger charge is 3.02. The fourth-order valence-electron chi connectivity index (χ4n) is 2.81. The number of carbonyl (C=O) groups is 1. The second-order valence-electron chi connectivity index (χ2n) is 6.66. The summed E-state index contributed by atoms with van der Waals surface area (Å²) in [5.41, 5.74) is -6.61. The highest BCUT2D eigenvalue weighted by Crippen LogP contribution is 2.69. The lowest BCUT2D eigenvalue weighted by Crippen LogP contribution is -2.86. The minimum absolute atomic E-state index is 0.219. The molecule has 1 unspecified atom stereocenters. The summed E-state index contributed by atoms with van der Waals surface area (Å²) in [7, 11) is 0. The van der Waals surface area contributed by atoms with Crippen molar-refractivity contribution in [3.05, 3.63) is 0 Å². The predicted octanol–water partition coefficient (Wildman–Crippen LogP) is 5.22. The van der Waals surface area contributed by atoms with Crippen LogP contribution in [0.1, 0.15) is 39.5 Å². The van der Waals surface area contributed by atoms with E-state index in [1.165, 1.54) is 12.2 Å². The summed E-state index contributed by atoms with van der Waals surface area (Å²) in [6.07, 6.45) is 1.66. The molecular formula is C15H18F11NO. The van der Waals surface area contributed by atoms with Crippen molar-refractivity contribution in [3.8, 4) is 0 Å². The number of halogens is 11. The number of hydrogen-bond acceptors (Lipinski definition) is 1. The van der Waals surface area contributed by atoms with Crippen LogP contribution in [-0.4, -0.2) is 47.7 Å². The topological polar surface area (TPSA) is 29.1 Å². The number of hydrogen-bond donors (Lipinski definition) is 1. The van der Waals surface area contributed by atoms with Gasteiger partial charge in [0.25, 0.3) is 5.91 Å². The molecular weight excluding hydrogens is 419 g/mol. The van der Waals surface area contributed by atoms with Crippen LogP contribution in [0.3, 0.4) is 0 Å². The average molecular weight is 437 g/mol. The molecule has 1 saturated carbocycles. The van der Waals surface area contributed by atoms with Gasteiger partial charge in [0.2, 0.25) is 0 Å². The molecule has 2 nitrogen and oxygen atoms in total. The van der Waals surface area contributed by atoms with E-state index in [1.54, 1.807) is 6.92 Å². The lowest BCUT2D eigenvalue weighted by atomic mass is 9.71. The second-order valence-corrected chi connectivity index (χ2v) is 6.66. The van der Waals surface area contributed by atoms with Crippen molar-refractivity contribution in [2.24, 2.45) is 5.92 Å². The summed E-state index contributed by atoms with van der Waals surface area (Å²) in [6.45, 7) is 2.49. The summed E-state index contributed by atoms with van der Waals surface area (Å²) in [4.78, 5) is 11.7. The molecule has 166 valence electrons. The van der Waals surface area contributed by atoms with Crippen LogP contribution in [0.2, 0.25) is 0 Å². The highest BCUT2D eigenvalue weighted by molar-refractivity contribution is 5.88. The Morgan fingerprint density at radius 2 is 1.14 bits per heavy atom. The average Bonchev–Trinajstić information content (AvgIpc) is 2.58. The van der Waals surface area contributed by atoms with Crippen LogP contribution in [0.15, 0.2) is 0 Å². The molecule has 0 saturated heterocycles. The van der Waals surface area contributed by atoms with E-state index in [0.717, 1.165) is 0 Å². The van der Waals surface area contributed by atoms with Crippen molar-refractivity contribution in [2.75, 3.05) is 6.54 Å². The SMILES string of the molecule is CCCCC(CC)CNC(=O)C1(F)C(F)(F)C(F)(F)C(F)(F)C(F)(F)C1(F)F. The number of unbranched alkanes of at least 4 members (excludes halogenated alkanes) is 1. The maximum Gasteiger partial charge on any atom is 0.384 e. The molecule has 1 fully saturated rings. The minimum atomic E-state index is -7.32. The van der Waals surface area contributed by atoms with Gasteiger partial charge in [-0.15, -0.1) is 0 Å². The van der Waals surface area contributed by atoms with Crippen LogP contribution in [0.4, 0.5) is 48.3 Å². The highest BCUT2D eigenvalue weighted by atomic mass is 19.4. The zero-order valence-corrected chi connectivity index (χ0v) is 14.7. The molecule has 0 aromatic carbocycles. The summed E-state index contributed by atoms with van der Waals surface area (Å²) in [6, 6.07) is 0. The quantitative estimate of drug-likeness (QED) is 0.544. The Balaban J connectivity index is 3.39. The molecule has 1 aliphatic rings. The van der Waals surface area contributed by atoms with Crippen molar-refractivity contribution in [1.82, 2.24) is 5.32 Å². The molecule has 1 aliphatic carbocycles. The Morgan fingerprint density at radius 3 is 1.50 bits per heavy atom. The molecule has 1 atom stereocenters. The Bertz CT molecular complexity index is 561. The van der Waals surface area contributed by atoms with Crippen LogP contribution in [0.5, 0.6) is 0 Å². The molecule has 1 amide bonds. The first-order chi connectivity index (χ1) is 12.4. The minimum Gasteiger partial charge on any atom is -0.353 e. The zero-order chi connectivity index (χ0) is 22.4. The monoisotopic (exact) mass is 437 g/mol. The van der Waals surface area contributed by atoms with E-state index < -0.39 is 53.7 Å². The summed E-state index contributed by atoms with van der Waals surface area (Å²) < 4.78 is 149. The van der Waals surface area contributed by atoms with Gasteiger partial charge in [0, 0.05) is 6.54 Å². The number of amides is 1. The van der Waals surface area contributed by atoms with E-state index in [0.29, 0.717) is 19.3 Å². The van der Waals surface area contributed by atoms with E-state index in [-0.39, 0.29) is 6.42 Å². The van der Waals surface area contributed by atoms with Crippen molar-refractivity contribution in [2.45, 2.75) is 74.8 Å². The van der Waals surface area contributed by atoms with Crippen molar-refractivity contribution >= 4 is 5.91 Å². The maximum atomic E-state index is 14.5. The van der Waals surface area contributed by atoms with E-state index in [9.17, 15) is 53.1 Å². The Hall–Kier alpha value is -1.30. The molecule has 0 aromatic rings. The number of carbonyl (C=O) groups excluding carboxylic acids is 1. The number of nitrogens with one attached hydrogen (secondary N) is 1. The molecule has 0 aliphatic heterocycles. The van der Waals surface area contributed by atoms with E-state index >= 15 is 0 Å². The van der Waals surface area contributed by atoms with Crippen molar-refractivity contribution < 1.29 is 53.1 Å². The van der Waals surface area contributed by atoms with Gasteiger partial charge < -0.3 is 5.32 Å². The van der Waals surface area contributed by atoms with Crippen molar-refractivity contribution in [1.29, 1.82) is 0 Å². The van der Waals surface area contributed by atoms with E-state index in [1.807, 2.05) is 0 Å². The van der Waals surface area contributed by atoms with Gasteiger partial charge in [0.1, 0.15) is 0 Å². The van der Waals surface area contributed by atoms with E-state index in [4.69, 9.17) is 0 Å². The van der Waals surface area contributed by atoms with Gasteiger partial charge in [0.15, 0.2) is 0 Å². The molecule has 0 spiro atoms. The molecule has 1 N–H and O–H groups in total. The molecule has 0 radical (unpaired) electrons.